The monoisotopic (exact) mass is 322 g/mol. The van der Waals surface area contributed by atoms with Crippen molar-refractivity contribution in [3.05, 3.63) is 72.1 Å². The Hall–Kier alpha value is -2.20. The van der Waals surface area contributed by atoms with Crippen LogP contribution in [-0.2, 0) is 7.05 Å². The molecule has 1 aliphatic heterocycles. The van der Waals surface area contributed by atoms with Crippen LogP contribution in [0.2, 0.25) is 0 Å². The molecular formula is C19H18N2OS. The zero-order chi connectivity index (χ0) is 15.8. The molecule has 1 unspecified atom stereocenters. The highest BCUT2D eigenvalue weighted by molar-refractivity contribution is 7.99. The van der Waals surface area contributed by atoms with E-state index in [0.717, 1.165) is 23.2 Å². The molecule has 1 atom stereocenters. The number of aryl methyl sites for hydroxylation is 1. The zero-order valence-electron chi connectivity index (χ0n) is 13.0. The number of nitrogens with zero attached hydrogens (tertiary/aromatic N) is 2. The molecule has 1 fully saturated rings. The Labute approximate surface area is 139 Å². The summed E-state index contributed by atoms with van der Waals surface area (Å²) in [6, 6.07) is 18.3. The lowest BCUT2D eigenvalue weighted by Crippen LogP contribution is -2.31. The summed E-state index contributed by atoms with van der Waals surface area (Å²) in [5.74, 6) is 1.10. The minimum Gasteiger partial charge on any atom is -0.352 e. The molecule has 116 valence electrons. The summed E-state index contributed by atoms with van der Waals surface area (Å²) in [6.45, 7) is 0.798. The Kier molecular flexibility index (Phi) is 3.62. The zero-order valence-corrected chi connectivity index (χ0v) is 13.8. The first-order valence-electron chi connectivity index (χ1n) is 7.76. The number of hydrogen-bond acceptors (Lipinski definition) is 2. The lowest BCUT2D eigenvalue weighted by Gasteiger charge is -2.24. The molecule has 3 nitrogen and oxygen atoms in total. The third kappa shape index (κ3) is 2.53. The van der Waals surface area contributed by atoms with E-state index in [9.17, 15) is 4.79 Å². The van der Waals surface area contributed by atoms with Crippen molar-refractivity contribution in [3.8, 4) is 0 Å². The van der Waals surface area contributed by atoms with Gasteiger partial charge < -0.3 is 9.47 Å². The number of fused-ring (bicyclic) bond motifs is 1. The van der Waals surface area contributed by atoms with E-state index < -0.39 is 0 Å². The molecule has 1 saturated heterocycles. The average molecular weight is 322 g/mol. The van der Waals surface area contributed by atoms with E-state index in [4.69, 9.17) is 0 Å². The van der Waals surface area contributed by atoms with Crippen LogP contribution in [0.3, 0.4) is 0 Å². The van der Waals surface area contributed by atoms with Crippen LogP contribution in [0.25, 0.3) is 10.8 Å². The maximum Gasteiger partial charge on any atom is 0.255 e. The topological polar surface area (TPSA) is 25.2 Å². The van der Waals surface area contributed by atoms with E-state index >= 15 is 0 Å². The predicted octanol–water partition coefficient (Wildman–Crippen LogP) is 4.07. The van der Waals surface area contributed by atoms with E-state index in [-0.39, 0.29) is 11.3 Å². The molecule has 4 heteroatoms. The van der Waals surface area contributed by atoms with Gasteiger partial charge >= 0.3 is 0 Å². The number of carbonyl (C=O) groups is 1. The summed E-state index contributed by atoms with van der Waals surface area (Å²) in [5.41, 5.74) is 1.95. The summed E-state index contributed by atoms with van der Waals surface area (Å²) in [6.07, 6.45) is 2.03. The van der Waals surface area contributed by atoms with Crippen LogP contribution in [0, 0.1) is 0 Å². The molecule has 1 amide bonds. The van der Waals surface area contributed by atoms with Crippen LogP contribution in [0.4, 0.5) is 0 Å². The second kappa shape index (κ2) is 5.78. The Bertz CT molecular complexity index is 870. The number of hydrogen-bond donors (Lipinski definition) is 0. The number of benzene rings is 2. The Morgan fingerprint density at radius 3 is 2.70 bits per heavy atom. The van der Waals surface area contributed by atoms with E-state index in [1.807, 2.05) is 66.3 Å². The van der Waals surface area contributed by atoms with Crippen LogP contribution >= 0.6 is 11.8 Å². The van der Waals surface area contributed by atoms with Gasteiger partial charge in [-0.3, -0.25) is 4.79 Å². The van der Waals surface area contributed by atoms with Crippen LogP contribution in [0.1, 0.15) is 21.4 Å². The van der Waals surface area contributed by atoms with Crippen molar-refractivity contribution < 1.29 is 4.79 Å². The molecule has 2 heterocycles. The van der Waals surface area contributed by atoms with Crippen molar-refractivity contribution in [2.45, 2.75) is 5.37 Å². The van der Waals surface area contributed by atoms with Crippen LogP contribution in [0.15, 0.2) is 60.8 Å². The summed E-state index contributed by atoms with van der Waals surface area (Å²) < 4.78 is 2.10. The minimum absolute atomic E-state index is 0.106. The highest BCUT2D eigenvalue weighted by atomic mass is 32.2. The fourth-order valence-corrected chi connectivity index (χ4v) is 4.46. The van der Waals surface area contributed by atoms with Crippen molar-refractivity contribution in [3.63, 3.8) is 0 Å². The van der Waals surface area contributed by atoms with Crippen LogP contribution in [-0.4, -0.2) is 27.7 Å². The Balaban J connectivity index is 1.68. The maximum atomic E-state index is 13.0. The van der Waals surface area contributed by atoms with Gasteiger partial charge in [-0.1, -0.05) is 30.3 Å². The van der Waals surface area contributed by atoms with Gasteiger partial charge in [0, 0.05) is 31.1 Å². The first-order valence-corrected chi connectivity index (χ1v) is 8.81. The summed E-state index contributed by atoms with van der Waals surface area (Å²) in [7, 11) is 2.03. The lowest BCUT2D eigenvalue weighted by atomic mass is 10.1. The van der Waals surface area contributed by atoms with E-state index in [1.165, 1.54) is 11.1 Å². The third-order valence-corrected chi connectivity index (χ3v) is 5.62. The van der Waals surface area contributed by atoms with Gasteiger partial charge in [0.2, 0.25) is 0 Å². The van der Waals surface area contributed by atoms with E-state index in [2.05, 4.69) is 22.8 Å². The highest BCUT2D eigenvalue weighted by Gasteiger charge is 2.32. The third-order valence-electron chi connectivity index (χ3n) is 4.39. The minimum atomic E-state index is 0.106. The molecule has 23 heavy (non-hydrogen) atoms. The standard InChI is InChI=1S/C19H18N2OS/c1-20-10-4-7-17(20)19-21(11-12-23-19)18(22)16-9-8-14-5-2-3-6-15(14)13-16/h2-10,13,19H,11-12H2,1H3. The average Bonchev–Trinajstić information content (AvgIpc) is 3.22. The summed E-state index contributed by atoms with van der Waals surface area (Å²) in [4.78, 5) is 15.0. The maximum absolute atomic E-state index is 13.0. The molecule has 0 radical (unpaired) electrons. The molecule has 0 bridgehead atoms. The molecule has 3 aromatic rings. The largest absolute Gasteiger partial charge is 0.352 e. The Morgan fingerprint density at radius 1 is 1.09 bits per heavy atom. The van der Waals surface area contributed by atoms with Gasteiger partial charge in [0.25, 0.3) is 5.91 Å². The first kappa shape index (κ1) is 14.4. The van der Waals surface area contributed by atoms with E-state index in [0.29, 0.717) is 0 Å². The quantitative estimate of drug-likeness (QED) is 0.711. The molecule has 4 rings (SSSR count). The SMILES string of the molecule is Cn1cccc1C1SCCN1C(=O)c1ccc2ccccc2c1. The summed E-state index contributed by atoms with van der Waals surface area (Å²) in [5, 5.41) is 2.38. The smallest absolute Gasteiger partial charge is 0.255 e. The van der Waals surface area contributed by atoms with Gasteiger partial charge in [0.15, 0.2) is 0 Å². The molecule has 0 aliphatic carbocycles. The van der Waals surface area contributed by atoms with Gasteiger partial charge in [-0.2, -0.15) is 0 Å². The molecule has 0 N–H and O–H groups in total. The van der Waals surface area contributed by atoms with Gasteiger partial charge in [0.05, 0.1) is 5.69 Å². The lowest BCUT2D eigenvalue weighted by molar-refractivity contribution is 0.0757. The van der Waals surface area contributed by atoms with Gasteiger partial charge in [-0.05, 0) is 35.0 Å². The first-order chi connectivity index (χ1) is 11.2. The molecular weight excluding hydrogens is 304 g/mol. The van der Waals surface area contributed by atoms with Gasteiger partial charge in [-0.25, -0.2) is 0 Å². The molecule has 1 aliphatic rings. The predicted molar refractivity (Wildman–Crippen MR) is 95.6 cm³/mol. The summed E-state index contributed by atoms with van der Waals surface area (Å²) >= 11 is 1.83. The van der Waals surface area contributed by atoms with E-state index in [1.54, 1.807) is 0 Å². The molecule has 0 spiro atoms. The highest BCUT2D eigenvalue weighted by Crippen LogP contribution is 2.38. The van der Waals surface area contributed by atoms with Crippen molar-refractivity contribution in [1.29, 1.82) is 0 Å². The second-order valence-electron chi connectivity index (χ2n) is 5.83. The number of aromatic nitrogens is 1. The Morgan fingerprint density at radius 2 is 1.91 bits per heavy atom. The van der Waals surface area contributed by atoms with Crippen molar-refractivity contribution >= 4 is 28.4 Å². The van der Waals surface area contributed by atoms with Gasteiger partial charge in [0.1, 0.15) is 5.37 Å². The number of thioether (sulfide) groups is 1. The van der Waals surface area contributed by atoms with Crippen LogP contribution in [0.5, 0.6) is 0 Å². The molecule has 2 aromatic carbocycles. The van der Waals surface area contributed by atoms with Gasteiger partial charge in [-0.15, -0.1) is 11.8 Å². The normalized spacial score (nSPS) is 17.8. The second-order valence-corrected chi connectivity index (χ2v) is 7.02. The number of amides is 1. The fraction of sp³-hybridized carbons (Fsp3) is 0.211. The van der Waals surface area contributed by atoms with Crippen molar-refractivity contribution in [2.24, 2.45) is 7.05 Å². The van der Waals surface area contributed by atoms with Crippen molar-refractivity contribution in [2.75, 3.05) is 12.3 Å². The number of carbonyl (C=O) groups excluding carboxylic acids is 1. The molecule has 0 saturated carbocycles. The molecule has 1 aromatic heterocycles. The van der Waals surface area contributed by atoms with Crippen molar-refractivity contribution in [1.82, 2.24) is 9.47 Å². The fourth-order valence-electron chi connectivity index (χ4n) is 3.14. The number of rotatable bonds is 2. The van der Waals surface area contributed by atoms with Crippen LogP contribution < -0.4 is 0 Å².